The lowest BCUT2D eigenvalue weighted by molar-refractivity contribution is 0.155. The van der Waals surface area contributed by atoms with Crippen molar-refractivity contribution in [2.24, 2.45) is 5.41 Å². The van der Waals surface area contributed by atoms with Crippen LogP contribution in [-0.2, 0) is 21.2 Å². The molecule has 1 heterocycles. The van der Waals surface area contributed by atoms with Gasteiger partial charge < -0.3 is 15.0 Å². The molecule has 0 aromatic heterocycles. The van der Waals surface area contributed by atoms with Crippen molar-refractivity contribution in [3.8, 4) is 11.1 Å². The highest BCUT2D eigenvalue weighted by Gasteiger charge is 2.61. The van der Waals surface area contributed by atoms with Gasteiger partial charge in [-0.2, -0.15) is 0 Å². The van der Waals surface area contributed by atoms with Crippen molar-refractivity contribution in [3.05, 3.63) is 59.9 Å². The number of ether oxygens (including phenoxy) is 1. The Balaban J connectivity index is 1.67. The average molecular weight is 490 g/mol. The number of hydrogen-bond donors (Lipinski definition) is 2. The third-order valence-corrected chi connectivity index (χ3v) is 7.49. The number of urea groups is 1. The maximum absolute atomic E-state index is 15.6. The maximum Gasteiger partial charge on any atom is 0.318 e. The number of carbonyl (C=O) groups is 1. The summed E-state index contributed by atoms with van der Waals surface area (Å²) >= 11 is 0. The van der Waals surface area contributed by atoms with Crippen molar-refractivity contribution in [1.29, 1.82) is 0 Å². The van der Waals surface area contributed by atoms with Gasteiger partial charge in [0, 0.05) is 30.7 Å². The second kappa shape index (κ2) is 9.64. The fourth-order valence-electron chi connectivity index (χ4n) is 5.05. The van der Waals surface area contributed by atoms with Gasteiger partial charge in [0.15, 0.2) is 0 Å². The Morgan fingerprint density at radius 3 is 2.53 bits per heavy atom. The Labute approximate surface area is 200 Å². The topological polar surface area (TPSA) is 87.7 Å². The molecule has 0 bridgehead atoms. The maximum atomic E-state index is 15.6. The summed E-state index contributed by atoms with van der Waals surface area (Å²) in [6, 6.07) is 13.0. The van der Waals surface area contributed by atoms with Gasteiger partial charge in [-0.05, 0) is 37.3 Å². The first-order valence-corrected chi connectivity index (χ1v) is 13.4. The zero-order valence-corrected chi connectivity index (χ0v) is 20.6. The molecule has 2 fully saturated rings. The largest absolute Gasteiger partial charge is 0.383 e. The molecule has 7 nitrogen and oxygen atoms in total. The Bertz CT molecular complexity index is 1140. The van der Waals surface area contributed by atoms with Crippen LogP contribution in [0.4, 0.5) is 9.18 Å². The van der Waals surface area contributed by atoms with Crippen LogP contribution in [0.25, 0.3) is 11.1 Å². The molecule has 1 aliphatic heterocycles. The number of nitrogens with one attached hydrogen (secondary N) is 2. The van der Waals surface area contributed by atoms with Gasteiger partial charge in [0.05, 0.1) is 24.9 Å². The second-order valence-electron chi connectivity index (χ2n) is 9.58. The quantitative estimate of drug-likeness (QED) is 0.596. The van der Waals surface area contributed by atoms with E-state index in [2.05, 4.69) is 10.0 Å². The van der Waals surface area contributed by atoms with E-state index < -0.39 is 22.1 Å². The van der Waals surface area contributed by atoms with Crippen LogP contribution in [0.15, 0.2) is 48.5 Å². The first-order valence-electron chi connectivity index (χ1n) is 11.5. The van der Waals surface area contributed by atoms with E-state index in [1.54, 1.807) is 30.2 Å². The van der Waals surface area contributed by atoms with Gasteiger partial charge in [0.2, 0.25) is 10.0 Å². The molecule has 1 spiro atoms. The average Bonchev–Trinajstić information content (AvgIpc) is 3.50. The van der Waals surface area contributed by atoms with E-state index in [4.69, 9.17) is 4.74 Å². The molecule has 2 amide bonds. The van der Waals surface area contributed by atoms with Crippen LogP contribution >= 0.6 is 0 Å². The van der Waals surface area contributed by atoms with Gasteiger partial charge >= 0.3 is 6.03 Å². The molecule has 2 aromatic carbocycles. The normalized spacial score (nSPS) is 22.1. The second-order valence-corrected chi connectivity index (χ2v) is 11.4. The summed E-state index contributed by atoms with van der Waals surface area (Å²) in [4.78, 5) is 14.9. The number of methoxy groups -OCH3 is 1. The summed E-state index contributed by atoms with van der Waals surface area (Å²) in [5.74, 6) is -0.350. The Morgan fingerprint density at radius 1 is 1.21 bits per heavy atom. The highest BCUT2D eigenvalue weighted by molar-refractivity contribution is 7.88. The summed E-state index contributed by atoms with van der Waals surface area (Å²) in [6.07, 6.45) is 2.97. The van der Waals surface area contributed by atoms with Crippen molar-refractivity contribution in [3.63, 3.8) is 0 Å². The summed E-state index contributed by atoms with van der Waals surface area (Å²) in [5, 5.41) is 2.93. The van der Waals surface area contributed by atoms with Crippen molar-refractivity contribution in [2.75, 3.05) is 26.5 Å². The zero-order valence-electron chi connectivity index (χ0n) is 19.8. The van der Waals surface area contributed by atoms with Gasteiger partial charge in [-0.3, -0.25) is 0 Å². The summed E-state index contributed by atoms with van der Waals surface area (Å²) in [5.41, 5.74) is 1.38. The molecule has 34 heavy (non-hydrogen) atoms. The van der Waals surface area contributed by atoms with Crippen LogP contribution in [0.3, 0.4) is 0 Å². The van der Waals surface area contributed by atoms with Crippen LogP contribution < -0.4 is 10.0 Å². The molecule has 1 aliphatic carbocycles. The smallest absolute Gasteiger partial charge is 0.318 e. The third kappa shape index (κ3) is 5.26. The highest BCUT2D eigenvalue weighted by Crippen LogP contribution is 2.55. The lowest BCUT2D eigenvalue weighted by atomic mass is 9.91. The number of nitrogens with zero attached hydrogens (tertiary/aromatic N) is 1. The van der Waals surface area contributed by atoms with Gasteiger partial charge in [0.1, 0.15) is 5.82 Å². The number of likely N-dealkylation sites (tertiary alicyclic amines) is 1. The molecule has 2 aromatic rings. The number of benzene rings is 2. The Kier molecular flexibility index (Phi) is 6.98. The van der Waals surface area contributed by atoms with E-state index in [9.17, 15) is 13.2 Å². The highest BCUT2D eigenvalue weighted by atomic mass is 32.2. The van der Waals surface area contributed by atoms with E-state index >= 15 is 4.39 Å². The molecule has 1 unspecified atom stereocenters. The molecule has 0 radical (unpaired) electrons. The van der Waals surface area contributed by atoms with Crippen LogP contribution in [-0.4, -0.2) is 64.0 Å². The first kappa shape index (κ1) is 24.6. The lowest BCUT2D eigenvalue weighted by Crippen LogP contribution is -2.52. The van der Waals surface area contributed by atoms with E-state index in [1.807, 2.05) is 37.3 Å². The van der Waals surface area contributed by atoms with E-state index in [-0.39, 0.29) is 29.7 Å². The molecule has 9 heteroatoms. The third-order valence-electron chi connectivity index (χ3n) is 6.80. The Hall–Kier alpha value is -2.49. The van der Waals surface area contributed by atoms with Crippen molar-refractivity contribution in [1.82, 2.24) is 14.9 Å². The monoisotopic (exact) mass is 489 g/mol. The number of halogens is 1. The fraction of sp³-hybridized carbons (Fsp3) is 0.480. The molecular formula is C25H32FN3O4S. The predicted octanol–water partition coefficient (Wildman–Crippen LogP) is 3.16. The van der Waals surface area contributed by atoms with Crippen molar-refractivity contribution in [2.45, 2.75) is 44.3 Å². The molecule has 2 aliphatic rings. The van der Waals surface area contributed by atoms with Gasteiger partial charge in [-0.25, -0.2) is 22.3 Å². The van der Waals surface area contributed by atoms with E-state index in [0.29, 0.717) is 24.3 Å². The number of carbonyl (C=O) groups excluding carboxylic acids is 1. The minimum Gasteiger partial charge on any atom is -0.383 e. The van der Waals surface area contributed by atoms with Crippen LogP contribution in [0.5, 0.6) is 0 Å². The van der Waals surface area contributed by atoms with Gasteiger partial charge in [0.25, 0.3) is 0 Å². The minimum atomic E-state index is -3.53. The lowest BCUT2D eigenvalue weighted by Gasteiger charge is -2.30. The standard InChI is InChI=1S/C25H32FN3O4S/c1-17(15-33-2)27-24(30)29-16-25(12-13-25)23(28-34(3,31)32)21(29)14-19-10-7-11-20(22(19)26)18-8-5-4-6-9-18/h4-11,17,21,23,28H,12-16H2,1-3H3,(H,27,30)/t17?,21-,23+/m0/s1. The molecule has 3 atom stereocenters. The van der Waals surface area contributed by atoms with E-state index in [0.717, 1.165) is 24.7 Å². The Morgan fingerprint density at radius 2 is 1.91 bits per heavy atom. The van der Waals surface area contributed by atoms with Crippen LogP contribution in [0, 0.1) is 11.2 Å². The molecular weight excluding hydrogens is 457 g/mol. The number of hydrogen-bond acceptors (Lipinski definition) is 4. The van der Waals surface area contributed by atoms with Gasteiger partial charge in [-0.15, -0.1) is 0 Å². The molecule has 1 saturated carbocycles. The predicted molar refractivity (Wildman–Crippen MR) is 129 cm³/mol. The van der Waals surface area contributed by atoms with Crippen LogP contribution in [0.2, 0.25) is 0 Å². The zero-order chi connectivity index (χ0) is 24.5. The molecule has 2 N–H and O–H groups in total. The van der Waals surface area contributed by atoms with Crippen LogP contribution in [0.1, 0.15) is 25.3 Å². The SMILES string of the molecule is COCC(C)NC(=O)N1CC2(CC2)[C@H](NS(C)(=O)=O)[C@@H]1Cc1cccc(-c2ccccc2)c1F. The van der Waals surface area contributed by atoms with Gasteiger partial charge in [-0.1, -0.05) is 48.5 Å². The fourth-order valence-corrected chi connectivity index (χ4v) is 5.91. The molecule has 1 saturated heterocycles. The summed E-state index contributed by atoms with van der Waals surface area (Å²) in [7, 11) is -1.96. The number of sulfonamides is 1. The van der Waals surface area contributed by atoms with E-state index in [1.165, 1.54) is 0 Å². The number of amides is 2. The summed E-state index contributed by atoms with van der Waals surface area (Å²) in [6.45, 7) is 2.62. The molecule has 4 rings (SSSR count). The van der Waals surface area contributed by atoms with Crippen molar-refractivity contribution < 1.29 is 22.3 Å². The summed E-state index contributed by atoms with van der Waals surface area (Å²) < 4.78 is 48.0. The molecule has 184 valence electrons. The van der Waals surface area contributed by atoms with Crippen molar-refractivity contribution >= 4 is 16.1 Å². The first-order chi connectivity index (χ1) is 16.1. The number of rotatable bonds is 8. The minimum absolute atomic E-state index is 0.202.